The van der Waals surface area contributed by atoms with Crippen LogP contribution in [0.4, 0.5) is 0 Å². The van der Waals surface area contributed by atoms with Crippen LogP contribution in [0, 0.1) is 0 Å². The Labute approximate surface area is 187 Å². The van der Waals surface area contributed by atoms with Gasteiger partial charge >= 0.3 is 5.97 Å². The second kappa shape index (κ2) is 6.63. The summed E-state index contributed by atoms with van der Waals surface area (Å²) in [6, 6.07) is -2.70. The third-order valence-electron chi connectivity index (χ3n) is 7.55. The molecule has 6 atom stereocenters. The molecule has 2 spiro atoms. The Kier molecular flexibility index (Phi) is 4.34. The van der Waals surface area contributed by atoms with Crippen LogP contribution in [0.25, 0.3) is 0 Å². The Balaban J connectivity index is 1.42. The number of hydrogen-bond donors (Lipinski definition) is 5. The first-order valence-electron chi connectivity index (χ1n) is 10.6. The average Bonchev–Trinajstić information content (AvgIpc) is 3.46. The fourth-order valence-corrected chi connectivity index (χ4v) is 5.88. The third kappa shape index (κ3) is 2.80. The van der Waals surface area contributed by atoms with Gasteiger partial charge in [-0.1, -0.05) is 0 Å². The molecular formula is C19H25N7O7. The maximum Gasteiger partial charge on any atom is 0.327 e. The van der Waals surface area contributed by atoms with E-state index in [1.807, 2.05) is 0 Å². The van der Waals surface area contributed by atoms with Crippen LogP contribution in [-0.2, 0) is 33.5 Å². The zero-order valence-electron chi connectivity index (χ0n) is 17.9. The normalized spacial score (nSPS) is 41.8. The van der Waals surface area contributed by atoms with Crippen molar-refractivity contribution in [3.05, 3.63) is 0 Å². The van der Waals surface area contributed by atoms with Crippen LogP contribution in [-0.4, -0.2) is 107 Å². The molecule has 14 heteroatoms. The maximum absolute atomic E-state index is 13.5. The highest BCUT2D eigenvalue weighted by Crippen LogP contribution is 2.40. The van der Waals surface area contributed by atoms with Gasteiger partial charge in [-0.25, -0.2) is 4.79 Å². The monoisotopic (exact) mass is 463 g/mol. The molecule has 33 heavy (non-hydrogen) atoms. The van der Waals surface area contributed by atoms with Crippen LogP contribution in [0.5, 0.6) is 0 Å². The van der Waals surface area contributed by atoms with Gasteiger partial charge in [0.2, 0.25) is 17.7 Å². The first-order chi connectivity index (χ1) is 15.5. The highest BCUT2D eigenvalue weighted by molar-refractivity contribution is 6.07. The summed E-state index contributed by atoms with van der Waals surface area (Å²) in [7, 11) is 1.17. The van der Waals surface area contributed by atoms with Crippen LogP contribution < -0.4 is 27.4 Å². The molecule has 14 nitrogen and oxygen atoms in total. The van der Waals surface area contributed by atoms with Gasteiger partial charge in [-0.3, -0.25) is 24.0 Å². The maximum atomic E-state index is 13.5. The first-order valence-corrected chi connectivity index (χ1v) is 10.6. The molecule has 0 radical (unpaired) electrons. The topological polar surface area (TPSA) is 206 Å². The summed E-state index contributed by atoms with van der Waals surface area (Å²) in [5, 5.41) is 8.27. The summed E-state index contributed by atoms with van der Waals surface area (Å²) >= 11 is 0. The number of fused-ring (bicyclic) bond motifs is 2. The minimum Gasteiger partial charge on any atom is -0.468 e. The molecule has 0 aliphatic carbocycles. The summed E-state index contributed by atoms with van der Waals surface area (Å²) in [4.78, 5) is 79.1. The Morgan fingerprint density at radius 3 is 2.12 bits per heavy atom. The zero-order valence-corrected chi connectivity index (χ0v) is 17.9. The quantitative estimate of drug-likeness (QED) is 0.247. The Hall–Kier alpha value is -3.26. The number of nitrogens with one attached hydrogen (secondary N) is 3. The molecule has 0 aromatic rings. The van der Waals surface area contributed by atoms with Crippen LogP contribution in [0.1, 0.15) is 19.3 Å². The van der Waals surface area contributed by atoms with Gasteiger partial charge in [0.15, 0.2) is 0 Å². The van der Waals surface area contributed by atoms with Gasteiger partial charge < -0.3 is 42.0 Å². The van der Waals surface area contributed by atoms with E-state index in [0.29, 0.717) is 0 Å². The van der Waals surface area contributed by atoms with Crippen molar-refractivity contribution < 1.29 is 33.5 Å². The van der Waals surface area contributed by atoms with E-state index in [4.69, 9.17) is 16.2 Å². The third-order valence-corrected chi connectivity index (χ3v) is 7.55. The van der Waals surface area contributed by atoms with Crippen molar-refractivity contribution in [2.45, 2.75) is 54.0 Å². The predicted octanol–water partition coefficient (Wildman–Crippen LogP) is -5.36. The molecule has 0 aromatic carbocycles. The molecule has 5 rings (SSSR count). The molecule has 5 aliphatic rings. The number of amides is 5. The van der Waals surface area contributed by atoms with E-state index in [9.17, 15) is 28.8 Å². The van der Waals surface area contributed by atoms with E-state index < -0.39 is 70.2 Å². The number of nitrogens with two attached hydrogens (primary N) is 2. The lowest BCUT2D eigenvalue weighted by Gasteiger charge is -2.42. The van der Waals surface area contributed by atoms with E-state index in [-0.39, 0.29) is 38.9 Å². The molecule has 5 aliphatic heterocycles. The largest absolute Gasteiger partial charge is 0.468 e. The van der Waals surface area contributed by atoms with Crippen molar-refractivity contribution in [2.75, 3.05) is 26.7 Å². The Morgan fingerprint density at radius 1 is 0.939 bits per heavy atom. The second-order valence-corrected chi connectivity index (χ2v) is 9.64. The van der Waals surface area contributed by atoms with E-state index in [1.54, 1.807) is 0 Å². The van der Waals surface area contributed by atoms with Crippen molar-refractivity contribution >= 4 is 35.5 Å². The average molecular weight is 463 g/mol. The fraction of sp³-hybridized carbons (Fsp3) is 0.684. The van der Waals surface area contributed by atoms with E-state index in [2.05, 4.69) is 16.0 Å². The van der Waals surface area contributed by atoms with E-state index in [0.717, 1.165) is 0 Å². The van der Waals surface area contributed by atoms with Gasteiger partial charge in [-0.2, -0.15) is 0 Å². The lowest BCUT2D eigenvalue weighted by molar-refractivity contribution is -0.154. The number of carbonyl (C=O) groups excluding carboxylic acids is 6. The van der Waals surface area contributed by atoms with Crippen molar-refractivity contribution in [1.29, 1.82) is 0 Å². The number of nitrogens with zero attached hydrogens (tertiary/aromatic N) is 2. The minimum atomic E-state index is -1.53. The van der Waals surface area contributed by atoms with E-state index in [1.165, 1.54) is 16.9 Å². The zero-order chi connectivity index (χ0) is 23.9. The fourth-order valence-electron chi connectivity index (χ4n) is 5.88. The second-order valence-electron chi connectivity index (χ2n) is 9.64. The number of primary amides is 1. The summed E-state index contributed by atoms with van der Waals surface area (Å²) in [5.74, 6) is -3.32. The van der Waals surface area contributed by atoms with Crippen molar-refractivity contribution in [3.63, 3.8) is 0 Å². The van der Waals surface area contributed by atoms with Gasteiger partial charge in [0.05, 0.1) is 26.2 Å². The molecular weight excluding hydrogens is 438 g/mol. The predicted molar refractivity (Wildman–Crippen MR) is 107 cm³/mol. The van der Waals surface area contributed by atoms with Gasteiger partial charge in [0.1, 0.15) is 28.7 Å². The van der Waals surface area contributed by atoms with Gasteiger partial charge in [0, 0.05) is 25.8 Å². The van der Waals surface area contributed by atoms with Crippen LogP contribution in [0.3, 0.4) is 0 Å². The molecule has 7 N–H and O–H groups in total. The lowest BCUT2D eigenvalue weighted by Crippen LogP contribution is -2.71. The molecule has 0 saturated carbocycles. The SMILES string of the molecule is COC(=O)C1(N)CC2C(=O)NC3(CC4C(=O)NC5(CNC(C(N)=O)C5)C(=O)N4C3)C(=O)N2C1. The number of hydrogen-bond acceptors (Lipinski definition) is 9. The number of piperazine rings is 2. The molecule has 6 unspecified atom stereocenters. The summed E-state index contributed by atoms with van der Waals surface area (Å²) in [6.45, 7) is -0.404. The molecule has 178 valence electrons. The highest BCUT2D eigenvalue weighted by Gasteiger charge is 2.66. The minimum absolute atomic E-state index is 0.00749. The van der Waals surface area contributed by atoms with E-state index >= 15 is 0 Å². The van der Waals surface area contributed by atoms with Crippen LogP contribution in [0.15, 0.2) is 0 Å². The van der Waals surface area contributed by atoms with Gasteiger partial charge in [-0.05, 0) is 0 Å². The lowest BCUT2D eigenvalue weighted by atomic mass is 9.88. The standard InChI is InChI=1S/C19H25N7O7/c1-33-16(32)17(21)3-9-12(28)24-19(15(31)25(9)6-17)4-10-13(29)23-18(14(30)26(10)7-19)2-8(11(20)27)22-5-18/h8-10,22H,2-7,21H2,1H3,(H2,20,27)(H,23,29)(H,24,28). The Morgan fingerprint density at radius 2 is 1.52 bits per heavy atom. The molecule has 0 bridgehead atoms. The van der Waals surface area contributed by atoms with Crippen molar-refractivity contribution in [3.8, 4) is 0 Å². The Bertz CT molecular complexity index is 1020. The molecule has 5 fully saturated rings. The summed E-state index contributed by atoms with van der Waals surface area (Å²) in [5.41, 5.74) is 7.08. The smallest absolute Gasteiger partial charge is 0.327 e. The number of ether oxygens (including phenoxy) is 1. The van der Waals surface area contributed by atoms with Crippen LogP contribution >= 0.6 is 0 Å². The number of rotatable bonds is 2. The summed E-state index contributed by atoms with van der Waals surface area (Å²) in [6.07, 6.45) is -0.216. The number of carbonyl (C=O) groups is 6. The molecule has 5 saturated heterocycles. The van der Waals surface area contributed by atoms with Gasteiger partial charge in [-0.15, -0.1) is 0 Å². The highest BCUT2D eigenvalue weighted by atomic mass is 16.5. The van der Waals surface area contributed by atoms with Crippen molar-refractivity contribution in [1.82, 2.24) is 25.8 Å². The molecule has 5 heterocycles. The van der Waals surface area contributed by atoms with Crippen LogP contribution in [0.2, 0.25) is 0 Å². The first kappa shape index (κ1) is 21.6. The molecule has 0 aromatic heterocycles. The summed E-state index contributed by atoms with van der Waals surface area (Å²) < 4.78 is 4.74. The van der Waals surface area contributed by atoms with Gasteiger partial charge in [0.25, 0.3) is 11.8 Å². The van der Waals surface area contributed by atoms with Crippen molar-refractivity contribution in [2.24, 2.45) is 11.5 Å². The number of esters is 1. The molecule has 5 amide bonds. The number of methoxy groups -OCH3 is 1.